The van der Waals surface area contributed by atoms with Crippen LogP contribution in [0.3, 0.4) is 0 Å². The van der Waals surface area contributed by atoms with E-state index in [0.717, 1.165) is 0 Å². The van der Waals surface area contributed by atoms with Gasteiger partial charge in [-0.15, -0.1) is 0 Å². The number of carboxylic acids is 1. The molecule has 1 aliphatic heterocycles. The molecule has 26 heavy (non-hydrogen) atoms. The van der Waals surface area contributed by atoms with Gasteiger partial charge in [-0.05, 0) is 26.0 Å². The number of rotatable bonds is 5. The first kappa shape index (κ1) is 20.9. The van der Waals surface area contributed by atoms with Crippen molar-refractivity contribution in [1.82, 2.24) is 9.78 Å². The van der Waals surface area contributed by atoms with Crippen molar-refractivity contribution in [2.45, 2.75) is 26.5 Å². The van der Waals surface area contributed by atoms with E-state index in [2.05, 4.69) is 5.10 Å². The number of halogens is 1. The predicted octanol–water partition coefficient (Wildman–Crippen LogP) is -2.15. The number of aromatic nitrogens is 2. The van der Waals surface area contributed by atoms with E-state index in [1.54, 1.807) is 10.9 Å². The second-order valence-corrected chi connectivity index (χ2v) is 6.10. The van der Waals surface area contributed by atoms with Crippen LogP contribution in [-0.4, -0.2) is 34.4 Å². The topological polar surface area (TPSA) is 106 Å². The predicted molar refractivity (Wildman–Crippen MR) is 86.8 cm³/mol. The van der Waals surface area contributed by atoms with Crippen molar-refractivity contribution < 1.29 is 58.6 Å². The molecule has 1 aliphatic rings. The summed E-state index contributed by atoms with van der Waals surface area (Å²) >= 11 is 6.07. The van der Waals surface area contributed by atoms with E-state index in [1.807, 2.05) is 13.8 Å². The Morgan fingerprint density at radius 3 is 2.88 bits per heavy atom. The second-order valence-electron chi connectivity index (χ2n) is 5.74. The van der Waals surface area contributed by atoms with Gasteiger partial charge in [0.1, 0.15) is 18.9 Å². The fourth-order valence-electron chi connectivity index (χ4n) is 2.35. The summed E-state index contributed by atoms with van der Waals surface area (Å²) in [5, 5.41) is 25.5. The van der Waals surface area contributed by atoms with Crippen LogP contribution in [-0.2, 0) is 6.61 Å². The van der Waals surface area contributed by atoms with Crippen molar-refractivity contribution >= 4 is 24.7 Å². The number of carboxylic acid groups (broad SMARTS) is 1. The van der Waals surface area contributed by atoms with Crippen LogP contribution in [0.4, 0.5) is 0 Å². The molecule has 0 atom stereocenters. The maximum absolute atomic E-state index is 11.5. The van der Waals surface area contributed by atoms with Crippen molar-refractivity contribution in [2.24, 2.45) is 0 Å². The van der Waals surface area contributed by atoms with Gasteiger partial charge in [0.25, 0.3) is 0 Å². The summed E-state index contributed by atoms with van der Waals surface area (Å²) in [4.78, 5) is 11.5. The third kappa shape index (κ3) is 4.29. The minimum Gasteiger partial charge on any atom is -0.545 e. The largest absolute Gasteiger partial charge is 1.00 e. The van der Waals surface area contributed by atoms with Crippen LogP contribution in [0.15, 0.2) is 18.3 Å². The third-order valence-corrected chi connectivity index (χ3v) is 3.91. The number of hydrogen-bond acceptors (Lipinski definition) is 7. The van der Waals surface area contributed by atoms with Crippen LogP contribution in [0.25, 0.3) is 0 Å². The Balaban J connectivity index is 0.00000243. The number of benzene rings is 1. The molecular formula is C15H15BClN2NaO6. The zero-order valence-electron chi connectivity index (χ0n) is 14.6. The van der Waals surface area contributed by atoms with E-state index >= 15 is 0 Å². The maximum Gasteiger partial charge on any atom is 1.00 e. The van der Waals surface area contributed by atoms with E-state index in [0.29, 0.717) is 5.56 Å². The first-order valence-electron chi connectivity index (χ1n) is 7.59. The quantitative estimate of drug-likeness (QED) is 0.583. The monoisotopic (exact) mass is 388 g/mol. The first-order chi connectivity index (χ1) is 11.9. The van der Waals surface area contributed by atoms with Gasteiger partial charge in [-0.25, -0.2) is 0 Å². The molecule has 0 amide bonds. The zero-order chi connectivity index (χ0) is 18.1. The molecule has 2 heterocycles. The fraction of sp³-hybridized carbons (Fsp3) is 0.333. The minimum absolute atomic E-state index is 0. The van der Waals surface area contributed by atoms with Gasteiger partial charge >= 0.3 is 36.7 Å². The van der Waals surface area contributed by atoms with Gasteiger partial charge in [0, 0.05) is 17.8 Å². The molecule has 0 fully saturated rings. The van der Waals surface area contributed by atoms with Gasteiger partial charge in [0.2, 0.25) is 0 Å². The summed E-state index contributed by atoms with van der Waals surface area (Å²) in [6, 6.07) is 3.06. The SMILES string of the molecule is CC(C)n1cc(COc2ccc3c(c2C(=O)[O-])OB(O)CO3)c(Cl)n1.[Na+]. The van der Waals surface area contributed by atoms with Crippen molar-refractivity contribution in [3.63, 3.8) is 0 Å². The Bertz CT molecular complexity index is 816. The fourth-order valence-corrected chi connectivity index (χ4v) is 2.54. The smallest absolute Gasteiger partial charge is 0.545 e. The maximum atomic E-state index is 11.5. The summed E-state index contributed by atoms with van der Waals surface area (Å²) in [7, 11) is -1.26. The van der Waals surface area contributed by atoms with Gasteiger partial charge in [-0.2, -0.15) is 5.10 Å². The number of nitrogens with zero attached hydrogens (tertiary/aromatic N) is 2. The molecule has 3 rings (SSSR count). The van der Waals surface area contributed by atoms with E-state index < -0.39 is 13.1 Å². The molecule has 0 radical (unpaired) electrons. The average molecular weight is 389 g/mol. The molecule has 11 heteroatoms. The van der Waals surface area contributed by atoms with E-state index in [4.69, 9.17) is 25.7 Å². The number of ether oxygens (including phenoxy) is 2. The molecule has 0 aliphatic carbocycles. The zero-order valence-corrected chi connectivity index (χ0v) is 17.3. The Hall–Kier alpha value is -1.39. The number of fused-ring (bicyclic) bond motifs is 1. The molecular weight excluding hydrogens is 373 g/mol. The molecule has 0 bridgehead atoms. The van der Waals surface area contributed by atoms with E-state index in [1.165, 1.54) is 12.1 Å². The first-order valence-corrected chi connectivity index (χ1v) is 7.96. The van der Waals surface area contributed by atoms with Crippen molar-refractivity contribution in [2.75, 3.05) is 6.51 Å². The van der Waals surface area contributed by atoms with Crippen molar-refractivity contribution in [3.05, 3.63) is 34.6 Å². The van der Waals surface area contributed by atoms with Crippen LogP contribution in [0, 0.1) is 0 Å². The summed E-state index contributed by atoms with van der Waals surface area (Å²) in [5.74, 6) is -1.42. The molecule has 1 N–H and O–H groups in total. The molecule has 0 spiro atoms. The normalized spacial score (nSPS) is 12.7. The molecule has 8 nitrogen and oxygen atoms in total. The Morgan fingerprint density at radius 2 is 2.27 bits per heavy atom. The van der Waals surface area contributed by atoms with Crippen molar-refractivity contribution in [1.29, 1.82) is 0 Å². The molecule has 0 saturated carbocycles. The van der Waals surface area contributed by atoms with Gasteiger partial charge in [-0.1, -0.05) is 11.6 Å². The third-order valence-electron chi connectivity index (χ3n) is 3.59. The number of aromatic carboxylic acids is 1. The second kappa shape index (κ2) is 8.54. The van der Waals surface area contributed by atoms with Gasteiger partial charge in [0.15, 0.2) is 16.7 Å². The Labute approximate surface area is 177 Å². The molecule has 0 saturated heterocycles. The number of carbonyl (C=O) groups excluding carboxylic acids is 1. The summed E-state index contributed by atoms with van der Waals surface area (Å²) in [5.41, 5.74) is 0.276. The van der Waals surface area contributed by atoms with Crippen LogP contribution in [0.1, 0.15) is 35.8 Å². The number of carbonyl (C=O) groups is 1. The van der Waals surface area contributed by atoms with Gasteiger partial charge in [-0.3, -0.25) is 4.68 Å². The van der Waals surface area contributed by atoms with Crippen LogP contribution in [0.5, 0.6) is 17.2 Å². The standard InChI is InChI=1S/C15H16BClN2O6.Na/c1-8(2)19-5-9(14(17)18-19)6-23-10-3-4-11-13(12(10)15(20)21)25-16(22)7-24-11;/h3-5,8,22H,6-7H2,1-2H3,(H,20,21);/q;+1/p-1. The molecule has 1 aromatic heterocycles. The molecule has 2 aromatic rings. The number of hydrogen-bond donors (Lipinski definition) is 1. The van der Waals surface area contributed by atoms with Crippen LogP contribution >= 0.6 is 11.6 Å². The summed E-state index contributed by atoms with van der Waals surface area (Å²) < 4.78 is 17.7. The van der Waals surface area contributed by atoms with E-state index in [9.17, 15) is 14.9 Å². The average Bonchev–Trinajstić information content (AvgIpc) is 2.93. The van der Waals surface area contributed by atoms with Gasteiger partial charge in [0.05, 0.1) is 11.5 Å². The summed E-state index contributed by atoms with van der Waals surface area (Å²) in [6.45, 7) is 3.82. The Morgan fingerprint density at radius 1 is 1.54 bits per heavy atom. The molecule has 0 unspecified atom stereocenters. The van der Waals surface area contributed by atoms with Crippen LogP contribution < -0.4 is 48.8 Å². The van der Waals surface area contributed by atoms with Crippen molar-refractivity contribution in [3.8, 4) is 17.2 Å². The van der Waals surface area contributed by atoms with Gasteiger partial charge < -0.3 is 29.1 Å². The summed E-state index contributed by atoms with van der Waals surface area (Å²) in [6.07, 6.45) is 1.73. The minimum atomic E-state index is -1.51. The molecule has 132 valence electrons. The van der Waals surface area contributed by atoms with E-state index in [-0.39, 0.29) is 76.7 Å². The Kier molecular flexibility index (Phi) is 6.87. The van der Waals surface area contributed by atoms with Crippen LogP contribution in [0.2, 0.25) is 5.15 Å². The molecule has 1 aromatic carbocycles.